The smallest absolute Gasteiger partial charge is 0.0558 e. The molecule has 1 aromatic rings. The Kier molecular flexibility index (Phi) is 3.97. The van der Waals surface area contributed by atoms with Gasteiger partial charge in [0.25, 0.3) is 0 Å². The molecule has 1 N–H and O–H groups in total. The molecule has 16 heavy (non-hydrogen) atoms. The van der Waals surface area contributed by atoms with Gasteiger partial charge in [-0.15, -0.1) is 0 Å². The van der Waals surface area contributed by atoms with Crippen molar-refractivity contribution in [1.82, 2.24) is 4.90 Å². The zero-order chi connectivity index (χ0) is 11.4. The molecule has 0 saturated carbocycles. The Morgan fingerprint density at radius 2 is 2.12 bits per heavy atom. The van der Waals surface area contributed by atoms with E-state index in [2.05, 4.69) is 36.1 Å². The number of aliphatic hydroxyl groups excluding tert-OH is 1. The largest absolute Gasteiger partial charge is 0.395 e. The number of fused-ring (bicyclic) bond motifs is 1. The van der Waals surface area contributed by atoms with Crippen molar-refractivity contribution in [3.8, 4) is 0 Å². The van der Waals surface area contributed by atoms with Crippen molar-refractivity contribution >= 4 is 0 Å². The van der Waals surface area contributed by atoms with Crippen LogP contribution in [-0.4, -0.2) is 36.2 Å². The Hall–Kier alpha value is -0.860. The van der Waals surface area contributed by atoms with E-state index in [1.54, 1.807) is 0 Å². The molecule has 0 spiro atoms. The summed E-state index contributed by atoms with van der Waals surface area (Å²) in [6.07, 6.45) is 2.37. The molecule has 0 saturated heterocycles. The van der Waals surface area contributed by atoms with E-state index in [1.165, 1.54) is 17.5 Å². The topological polar surface area (TPSA) is 23.5 Å². The summed E-state index contributed by atoms with van der Waals surface area (Å²) in [5.41, 5.74) is 3.02. The number of aliphatic hydroxyl groups is 1. The molecule has 0 fully saturated rings. The SMILES string of the molecule is CCCN(CCO)CC1Cc2ccccc21. The third-order valence-corrected chi connectivity index (χ3v) is 3.40. The van der Waals surface area contributed by atoms with Gasteiger partial charge < -0.3 is 10.0 Å². The Bertz CT molecular complexity index is 331. The van der Waals surface area contributed by atoms with Crippen molar-refractivity contribution in [3.05, 3.63) is 35.4 Å². The lowest BCUT2D eigenvalue weighted by atomic mass is 9.77. The molecule has 1 unspecified atom stereocenters. The molecular weight excluding hydrogens is 198 g/mol. The van der Waals surface area contributed by atoms with Crippen LogP contribution in [0.15, 0.2) is 24.3 Å². The fraction of sp³-hybridized carbons (Fsp3) is 0.571. The predicted octanol–water partition coefficient (Wildman–Crippen LogP) is 2.03. The van der Waals surface area contributed by atoms with Crippen LogP contribution in [0.3, 0.4) is 0 Å². The highest BCUT2D eigenvalue weighted by Gasteiger charge is 2.26. The van der Waals surface area contributed by atoms with E-state index in [9.17, 15) is 0 Å². The van der Waals surface area contributed by atoms with Crippen LogP contribution >= 0.6 is 0 Å². The minimum Gasteiger partial charge on any atom is -0.395 e. The zero-order valence-corrected chi connectivity index (χ0v) is 10.0. The summed E-state index contributed by atoms with van der Waals surface area (Å²) in [5, 5.41) is 9.02. The van der Waals surface area contributed by atoms with E-state index in [1.807, 2.05) is 0 Å². The fourth-order valence-electron chi connectivity index (χ4n) is 2.59. The molecule has 88 valence electrons. The molecule has 0 amide bonds. The molecule has 2 nitrogen and oxygen atoms in total. The van der Waals surface area contributed by atoms with Crippen LogP contribution in [0.4, 0.5) is 0 Å². The molecule has 1 atom stereocenters. The van der Waals surface area contributed by atoms with Crippen molar-refractivity contribution < 1.29 is 5.11 Å². The van der Waals surface area contributed by atoms with E-state index >= 15 is 0 Å². The summed E-state index contributed by atoms with van der Waals surface area (Å²) in [4.78, 5) is 2.38. The molecule has 0 heterocycles. The Morgan fingerprint density at radius 1 is 1.31 bits per heavy atom. The molecular formula is C14H21NO. The van der Waals surface area contributed by atoms with Crippen molar-refractivity contribution in [2.75, 3.05) is 26.2 Å². The van der Waals surface area contributed by atoms with Gasteiger partial charge in [-0.05, 0) is 30.5 Å². The van der Waals surface area contributed by atoms with Crippen LogP contribution in [0, 0.1) is 0 Å². The Morgan fingerprint density at radius 3 is 2.81 bits per heavy atom. The number of hydrogen-bond acceptors (Lipinski definition) is 2. The van der Waals surface area contributed by atoms with Crippen molar-refractivity contribution in [2.24, 2.45) is 0 Å². The van der Waals surface area contributed by atoms with Gasteiger partial charge in [-0.2, -0.15) is 0 Å². The van der Waals surface area contributed by atoms with Gasteiger partial charge in [0.05, 0.1) is 6.61 Å². The van der Waals surface area contributed by atoms with E-state index in [0.717, 1.165) is 26.1 Å². The van der Waals surface area contributed by atoms with Crippen LogP contribution in [0.2, 0.25) is 0 Å². The van der Waals surface area contributed by atoms with Crippen LogP contribution in [-0.2, 0) is 6.42 Å². The molecule has 1 aliphatic carbocycles. The molecule has 0 aromatic heterocycles. The first-order chi connectivity index (χ1) is 7.85. The van der Waals surface area contributed by atoms with Crippen molar-refractivity contribution in [1.29, 1.82) is 0 Å². The molecule has 0 radical (unpaired) electrons. The van der Waals surface area contributed by atoms with Crippen LogP contribution in [0.25, 0.3) is 0 Å². The van der Waals surface area contributed by atoms with E-state index < -0.39 is 0 Å². The molecule has 0 aliphatic heterocycles. The van der Waals surface area contributed by atoms with Gasteiger partial charge in [-0.3, -0.25) is 0 Å². The lowest BCUT2D eigenvalue weighted by Gasteiger charge is -2.34. The fourth-order valence-corrected chi connectivity index (χ4v) is 2.59. The monoisotopic (exact) mass is 219 g/mol. The first kappa shape index (κ1) is 11.6. The maximum absolute atomic E-state index is 9.02. The molecule has 2 heteroatoms. The number of benzene rings is 1. The summed E-state index contributed by atoms with van der Waals surface area (Å²) in [5.74, 6) is 0.689. The second kappa shape index (κ2) is 5.46. The minimum absolute atomic E-state index is 0.272. The third-order valence-electron chi connectivity index (χ3n) is 3.40. The van der Waals surface area contributed by atoms with E-state index in [4.69, 9.17) is 5.11 Å². The quantitative estimate of drug-likeness (QED) is 0.791. The highest BCUT2D eigenvalue weighted by molar-refractivity contribution is 5.40. The van der Waals surface area contributed by atoms with Gasteiger partial charge in [0.1, 0.15) is 0 Å². The summed E-state index contributed by atoms with van der Waals surface area (Å²) < 4.78 is 0. The zero-order valence-electron chi connectivity index (χ0n) is 10.0. The molecule has 1 aromatic carbocycles. The molecule has 0 bridgehead atoms. The first-order valence-electron chi connectivity index (χ1n) is 6.26. The third kappa shape index (κ3) is 2.45. The average molecular weight is 219 g/mol. The van der Waals surface area contributed by atoms with Crippen LogP contribution < -0.4 is 0 Å². The summed E-state index contributed by atoms with van der Waals surface area (Å²) in [6, 6.07) is 8.71. The van der Waals surface area contributed by atoms with Gasteiger partial charge in [0, 0.05) is 19.0 Å². The van der Waals surface area contributed by atoms with E-state index in [-0.39, 0.29) is 6.61 Å². The first-order valence-corrected chi connectivity index (χ1v) is 6.26. The van der Waals surface area contributed by atoms with Gasteiger partial charge in [-0.25, -0.2) is 0 Å². The minimum atomic E-state index is 0.272. The Balaban J connectivity index is 1.91. The van der Waals surface area contributed by atoms with Crippen molar-refractivity contribution in [2.45, 2.75) is 25.7 Å². The average Bonchev–Trinajstić information content (AvgIpc) is 2.26. The number of nitrogens with zero attached hydrogens (tertiary/aromatic N) is 1. The van der Waals surface area contributed by atoms with Gasteiger partial charge in [0.2, 0.25) is 0 Å². The maximum Gasteiger partial charge on any atom is 0.0558 e. The van der Waals surface area contributed by atoms with E-state index in [0.29, 0.717) is 5.92 Å². The van der Waals surface area contributed by atoms with Gasteiger partial charge >= 0.3 is 0 Å². The van der Waals surface area contributed by atoms with Gasteiger partial charge in [0.15, 0.2) is 0 Å². The molecule has 1 aliphatic rings. The number of rotatable bonds is 6. The Labute approximate surface area is 97.9 Å². The van der Waals surface area contributed by atoms with Gasteiger partial charge in [-0.1, -0.05) is 31.2 Å². The summed E-state index contributed by atoms with van der Waals surface area (Å²) in [7, 11) is 0. The maximum atomic E-state index is 9.02. The predicted molar refractivity (Wildman–Crippen MR) is 66.7 cm³/mol. The number of hydrogen-bond donors (Lipinski definition) is 1. The second-order valence-corrected chi connectivity index (χ2v) is 4.62. The summed E-state index contributed by atoms with van der Waals surface area (Å²) in [6.45, 7) is 5.48. The lowest BCUT2D eigenvalue weighted by molar-refractivity contribution is 0.184. The lowest BCUT2D eigenvalue weighted by Crippen LogP contribution is -2.35. The normalized spacial score (nSPS) is 18.3. The van der Waals surface area contributed by atoms with Crippen LogP contribution in [0.1, 0.15) is 30.4 Å². The highest BCUT2D eigenvalue weighted by atomic mass is 16.3. The molecule has 2 rings (SSSR count). The van der Waals surface area contributed by atoms with Crippen molar-refractivity contribution in [3.63, 3.8) is 0 Å². The highest BCUT2D eigenvalue weighted by Crippen LogP contribution is 2.35. The summed E-state index contributed by atoms with van der Waals surface area (Å²) >= 11 is 0. The standard InChI is InChI=1S/C14H21NO/c1-2-7-15(8-9-16)11-13-10-12-5-3-4-6-14(12)13/h3-6,13,16H,2,7-11H2,1H3. The second-order valence-electron chi connectivity index (χ2n) is 4.62. The van der Waals surface area contributed by atoms with Crippen LogP contribution in [0.5, 0.6) is 0 Å².